The molecule has 2 fully saturated rings. The lowest BCUT2D eigenvalue weighted by atomic mass is 9.59. The minimum Gasteiger partial charge on any atom is -0.362 e. The molecule has 0 spiro atoms. The van der Waals surface area contributed by atoms with Gasteiger partial charge in [0.2, 0.25) is 5.91 Å². The van der Waals surface area contributed by atoms with Gasteiger partial charge in [-0.3, -0.25) is 9.59 Å². The highest BCUT2D eigenvalue weighted by Gasteiger charge is 2.58. The van der Waals surface area contributed by atoms with Gasteiger partial charge in [0.15, 0.2) is 0 Å². The SMILES string of the molecule is CCc1cc2c([nH]1)[C@@H]1CCC(CC)C[C@@H]1[C@@H]1C(=O)N(N(C)C)C(=O)[C@H]21. The molecule has 2 aliphatic carbocycles. The molecule has 1 N–H and O–H groups in total. The molecule has 5 atom stereocenters. The quantitative estimate of drug-likeness (QED) is 0.858. The Kier molecular flexibility index (Phi) is 4.02. The van der Waals surface area contributed by atoms with Crippen LogP contribution in [0.1, 0.15) is 68.3 Å². The maximum absolute atomic E-state index is 13.2. The number of hydrogen-bond donors (Lipinski definition) is 1. The van der Waals surface area contributed by atoms with Crippen LogP contribution in [0.3, 0.4) is 0 Å². The van der Waals surface area contributed by atoms with Gasteiger partial charge >= 0.3 is 0 Å². The first-order chi connectivity index (χ1) is 12.0. The lowest BCUT2D eigenvalue weighted by Crippen LogP contribution is -2.43. The summed E-state index contributed by atoms with van der Waals surface area (Å²) in [7, 11) is 3.58. The lowest BCUT2D eigenvalue weighted by Gasteiger charge is -2.43. The zero-order valence-electron chi connectivity index (χ0n) is 15.7. The van der Waals surface area contributed by atoms with Crippen LogP contribution in [0.4, 0.5) is 0 Å². The highest BCUT2D eigenvalue weighted by atomic mass is 16.2. The highest BCUT2D eigenvalue weighted by Crippen LogP contribution is 2.57. The molecule has 1 saturated carbocycles. The number of imide groups is 1. The predicted octanol–water partition coefficient (Wildman–Crippen LogP) is 3.05. The summed E-state index contributed by atoms with van der Waals surface area (Å²) in [6, 6.07) is 2.15. The third kappa shape index (κ3) is 2.31. The molecule has 1 aliphatic heterocycles. The van der Waals surface area contributed by atoms with Crippen LogP contribution < -0.4 is 0 Å². The highest BCUT2D eigenvalue weighted by molar-refractivity contribution is 6.08. The number of rotatable bonds is 3. The van der Waals surface area contributed by atoms with E-state index >= 15 is 0 Å². The fraction of sp³-hybridized carbons (Fsp3) is 0.700. The largest absolute Gasteiger partial charge is 0.362 e. The third-order valence-electron chi connectivity index (χ3n) is 6.80. The number of carbonyl (C=O) groups excluding carboxylic acids is 2. The second-order valence-electron chi connectivity index (χ2n) is 8.21. The number of hydrazine groups is 1. The van der Waals surface area contributed by atoms with Crippen molar-refractivity contribution in [3.05, 3.63) is 23.0 Å². The minimum atomic E-state index is -0.293. The van der Waals surface area contributed by atoms with Gasteiger partial charge in [0.1, 0.15) is 0 Å². The van der Waals surface area contributed by atoms with Crippen LogP contribution in [0.15, 0.2) is 6.07 Å². The first kappa shape index (κ1) is 16.8. The van der Waals surface area contributed by atoms with Crippen molar-refractivity contribution in [2.45, 2.75) is 57.8 Å². The molecule has 1 aromatic rings. The molecule has 1 saturated heterocycles. The number of carbonyl (C=O) groups is 2. The first-order valence-electron chi connectivity index (χ1n) is 9.74. The van der Waals surface area contributed by atoms with Gasteiger partial charge < -0.3 is 4.98 Å². The molecular weight excluding hydrogens is 314 g/mol. The van der Waals surface area contributed by atoms with Crippen LogP contribution in [0.2, 0.25) is 0 Å². The number of aromatic nitrogens is 1. The van der Waals surface area contributed by atoms with Crippen molar-refractivity contribution in [2.75, 3.05) is 14.1 Å². The van der Waals surface area contributed by atoms with Gasteiger partial charge in [-0.2, -0.15) is 0 Å². The maximum Gasteiger partial charge on any atom is 0.252 e. The molecule has 0 bridgehead atoms. The Balaban J connectivity index is 1.83. The summed E-state index contributed by atoms with van der Waals surface area (Å²) >= 11 is 0. The molecule has 1 unspecified atom stereocenters. The fourth-order valence-electron chi connectivity index (χ4n) is 5.55. The van der Waals surface area contributed by atoms with E-state index in [4.69, 9.17) is 0 Å². The third-order valence-corrected chi connectivity index (χ3v) is 6.80. The molecule has 5 nitrogen and oxygen atoms in total. The van der Waals surface area contributed by atoms with Crippen LogP contribution in [0.25, 0.3) is 0 Å². The van der Waals surface area contributed by atoms with Crippen molar-refractivity contribution in [3.63, 3.8) is 0 Å². The summed E-state index contributed by atoms with van der Waals surface area (Å²) in [5.41, 5.74) is 3.53. The second kappa shape index (κ2) is 5.97. The Morgan fingerprint density at radius 1 is 1.20 bits per heavy atom. The summed E-state index contributed by atoms with van der Waals surface area (Å²) in [4.78, 5) is 29.9. The molecule has 136 valence electrons. The zero-order valence-corrected chi connectivity index (χ0v) is 15.7. The Hall–Kier alpha value is -1.62. The van der Waals surface area contributed by atoms with E-state index in [1.807, 2.05) is 0 Å². The normalized spacial score (nSPS) is 34.3. The Labute approximate surface area is 149 Å². The fourth-order valence-corrected chi connectivity index (χ4v) is 5.55. The summed E-state index contributed by atoms with van der Waals surface area (Å²) < 4.78 is 0. The number of fused-ring (bicyclic) bond motifs is 6. The molecule has 2 amide bonds. The molecule has 25 heavy (non-hydrogen) atoms. The number of H-pyrrole nitrogens is 1. The van der Waals surface area contributed by atoms with Crippen molar-refractivity contribution in [1.29, 1.82) is 0 Å². The molecule has 0 aromatic carbocycles. The molecule has 1 aromatic heterocycles. The van der Waals surface area contributed by atoms with E-state index in [9.17, 15) is 9.59 Å². The van der Waals surface area contributed by atoms with E-state index in [2.05, 4.69) is 24.9 Å². The minimum absolute atomic E-state index is 0.0108. The van der Waals surface area contributed by atoms with Gasteiger partial charge in [-0.15, -0.1) is 0 Å². The van der Waals surface area contributed by atoms with Crippen molar-refractivity contribution >= 4 is 11.8 Å². The van der Waals surface area contributed by atoms with E-state index in [1.54, 1.807) is 19.1 Å². The topological polar surface area (TPSA) is 56.4 Å². The van der Waals surface area contributed by atoms with Crippen LogP contribution in [-0.2, 0) is 16.0 Å². The van der Waals surface area contributed by atoms with E-state index in [-0.39, 0.29) is 23.7 Å². The second-order valence-corrected chi connectivity index (χ2v) is 8.21. The lowest BCUT2D eigenvalue weighted by molar-refractivity contribution is -0.154. The van der Waals surface area contributed by atoms with Gasteiger partial charge in [-0.1, -0.05) is 20.3 Å². The standard InChI is InChI=1S/C20H29N3O2/c1-5-11-7-8-13-14(9-11)16-17(15-10-12(6-2)21-18(13)15)20(25)23(19(16)24)22(3)4/h10-11,13-14,16-17,21H,5-9H2,1-4H3/t11?,13-,14+,16+,17-/m1/s1. The Morgan fingerprint density at radius 3 is 2.60 bits per heavy atom. The van der Waals surface area contributed by atoms with Gasteiger partial charge in [0.05, 0.1) is 11.8 Å². The van der Waals surface area contributed by atoms with Gasteiger partial charge in [0, 0.05) is 31.4 Å². The molecular formula is C20H29N3O2. The molecule has 3 aliphatic rings. The average Bonchev–Trinajstić information content (AvgIpc) is 3.13. The number of amides is 2. The van der Waals surface area contributed by atoms with Crippen molar-refractivity contribution in [2.24, 2.45) is 17.8 Å². The van der Waals surface area contributed by atoms with Crippen LogP contribution in [0, 0.1) is 17.8 Å². The number of nitrogens with one attached hydrogen (secondary N) is 1. The predicted molar refractivity (Wildman–Crippen MR) is 95.8 cm³/mol. The van der Waals surface area contributed by atoms with Crippen LogP contribution >= 0.6 is 0 Å². The van der Waals surface area contributed by atoms with Crippen LogP contribution in [-0.4, -0.2) is 40.9 Å². The van der Waals surface area contributed by atoms with Crippen LogP contribution in [0.5, 0.6) is 0 Å². The van der Waals surface area contributed by atoms with E-state index < -0.39 is 0 Å². The van der Waals surface area contributed by atoms with E-state index in [0.29, 0.717) is 17.8 Å². The Morgan fingerprint density at radius 2 is 1.96 bits per heavy atom. The monoisotopic (exact) mass is 343 g/mol. The summed E-state index contributed by atoms with van der Waals surface area (Å²) in [6.45, 7) is 4.38. The average molecular weight is 343 g/mol. The molecule has 4 rings (SSSR count). The van der Waals surface area contributed by atoms with Gasteiger partial charge in [-0.25, -0.2) is 10.0 Å². The molecule has 2 heterocycles. The molecule has 0 radical (unpaired) electrons. The van der Waals surface area contributed by atoms with Gasteiger partial charge in [0.25, 0.3) is 5.91 Å². The number of hydrogen-bond acceptors (Lipinski definition) is 3. The van der Waals surface area contributed by atoms with E-state index in [0.717, 1.165) is 31.2 Å². The Bertz CT molecular complexity index is 708. The maximum atomic E-state index is 13.2. The number of nitrogens with zero attached hydrogens (tertiary/aromatic N) is 2. The van der Waals surface area contributed by atoms with E-state index in [1.165, 1.54) is 22.8 Å². The van der Waals surface area contributed by atoms with Gasteiger partial charge in [-0.05, 0) is 49.1 Å². The van der Waals surface area contributed by atoms with Crippen molar-refractivity contribution in [3.8, 4) is 0 Å². The number of aromatic amines is 1. The zero-order chi connectivity index (χ0) is 17.9. The summed E-state index contributed by atoms with van der Waals surface area (Å²) in [6.07, 6.45) is 5.53. The number of aryl methyl sites for hydroxylation is 1. The summed E-state index contributed by atoms with van der Waals surface area (Å²) in [5.74, 6) is 0.872. The molecule has 5 heteroatoms. The van der Waals surface area contributed by atoms with Crippen molar-refractivity contribution in [1.82, 2.24) is 15.0 Å². The first-order valence-corrected chi connectivity index (χ1v) is 9.74. The summed E-state index contributed by atoms with van der Waals surface area (Å²) in [5, 5.41) is 3.04. The van der Waals surface area contributed by atoms with Crippen molar-refractivity contribution < 1.29 is 9.59 Å². The smallest absolute Gasteiger partial charge is 0.252 e.